The Labute approximate surface area is 148 Å². The SMILES string of the molecule is CCOc1ccc(CN2CC[C@@]34OCCCN3C(=O)C[C@@H]24)cc1CO. The van der Waals surface area contributed by atoms with Crippen molar-refractivity contribution in [3.05, 3.63) is 29.3 Å². The van der Waals surface area contributed by atoms with Gasteiger partial charge in [-0.05, 0) is 31.0 Å². The summed E-state index contributed by atoms with van der Waals surface area (Å²) in [6.07, 6.45) is 2.36. The zero-order valence-corrected chi connectivity index (χ0v) is 14.7. The minimum Gasteiger partial charge on any atom is -0.494 e. The van der Waals surface area contributed by atoms with Gasteiger partial charge in [0, 0.05) is 38.0 Å². The lowest BCUT2D eigenvalue weighted by molar-refractivity contribution is -0.180. The summed E-state index contributed by atoms with van der Waals surface area (Å²) >= 11 is 0. The maximum absolute atomic E-state index is 12.4. The largest absolute Gasteiger partial charge is 0.494 e. The van der Waals surface area contributed by atoms with Crippen LogP contribution in [-0.2, 0) is 22.7 Å². The molecule has 3 saturated heterocycles. The average molecular weight is 346 g/mol. The molecular weight excluding hydrogens is 320 g/mol. The standard InChI is InChI=1S/C19H26N2O4/c1-2-24-16-5-4-14(10-15(16)13-22)12-20-8-6-19-17(20)11-18(23)21(19)7-3-9-25-19/h4-5,10,17,22H,2-3,6-9,11-13H2,1H3/t17-,19+/m1/s1. The lowest BCUT2D eigenvalue weighted by Gasteiger charge is -2.42. The van der Waals surface area contributed by atoms with E-state index in [1.807, 2.05) is 30.0 Å². The minimum atomic E-state index is -0.402. The molecule has 0 aliphatic carbocycles. The second kappa shape index (κ2) is 6.59. The first-order chi connectivity index (χ1) is 12.2. The number of hydrogen-bond acceptors (Lipinski definition) is 5. The molecule has 25 heavy (non-hydrogen) atoms. The zero-order chi connectivity index (χ0) is 17.4. The maximum Gasteiger partial charge on any atom is 0.226 e. The van der Waals surface area contributed by atoms with E-state index in [1.54, 1.807) is 0 Å². The van der Waals surface area contributed by atoms with Crippen LogP contribution in [0.3, 0.4) is 0 Å². The first-order valence-electron chi connectivity index (χ1n) is 9.22. The van der Waals surface area contributed by atoms with Crippen molar-refractivity contribution in [2.24, 2.45) is 0 Å². The van der Waals surface area contributed by atoms with Crippen molar-refractivity contribution in [1.29, 1.82) is 0 Å². The molecule has 4 rings (SSSR count). The van der Waals surface area contributed by atoms with Crippen LogP contribution in [0.2, 0.25) is 0 Å². The molecule has 0 unspecified atom stereocenters. The highest BCUT2D eigenvalue weighted by molar-refractivity contribution is 5.81. The van der Waals surface area contributed by atoms with Crippen molar-refractivity contribution in [2.45, 2.75) is 51.1 Å². The van der Waals surface area contributed by atoms with Crippen LogP contribution in [0.5, 0.6) is 5.75 Å². The Morgan fingerprint density at radius 3 is 3.08 bits per heavy atom. The normalized spacial score (nSPS) is 29.0. The summed E-state index contributed by atoms with van der Waals surface area (Å²) in [5, 5.41) is 9.60. The summed E-state index contributed by atoms with van der Waals surface area (Å²) in [5.74, 6) is 0.960. The van der Waals surface area contributed by atoms with Gasteiger partial charge in [-0.1, -0.05) is 6.07 Å². The van der Waals surface area contributed by atoms with Gasteiger partial charge in [0.25, 0.3) is 0 Å². The first-order valence-corrected chi connectivity index (χ1v) is 9.22. The average Bonchev–Trinajstić information content (AvgIpc) is 3.10. The van der Waals surface area contributed by atoms with Gasteiger partial charge in [-0.3, -0.25) is 9.69 Å². The molecule has 0 radical (unpaired) electrons. The van der Waals surface area contributed by atoms with Crippen molar-refractivity contribution in [3.63, 3.8) is 0 Å². The third-order valence-corrected chi connectivity index (χ3v) is 5.70. The smallest absolute Gasteiger partial charge is 0.226 e. The summed E-state index contributed by atoms with van der Waals surface area (Å²) in [5.41, 5.74) is 1.54. The van der Waals surface area contributed by atoms with Crippen LogP contribution in [0.1, 0.15) is 37.3 Å². The second-order valence-electron chi connectivity index (χ2n) is 7.07. The van der Waals surface area contributed by atoms with Crippen molar-refractivity contribution < 1.29 is 19.4 Å². The predicted octanol–water partition coefficient (Wildman–Crippen LogP) is 1.50. The predicted molar refractivity (Wildman–Crippen MR) is 92.0 cm³/mol. The second-order valence-corrected chi connectivity index (χ2v) is 7.07. The topological polar surface area (TPSA) is 62.2 Å². The van der Waals surface area contributed by atoms with Crippen LogP contribution in [0.25, 0.3) is 0 Å². The number of carbonyl (C=O) groups is 1. The number of benzene rings is 1. The van der Waals surface area contributed by atoms with Gasteiger partial charge in [-0.15, -0.1) is 0 Å². The first kappa shape index (κ1) is 16.8. The fourth-order valence-electron chi connectivity index (χ4n) is 4.61. The van der Waals surface area contributed by atoms with E-state index in [-0.39, 0.29) is 18.6 Å². The monoisotopic (exact) mass is 346 g/mol. The Morgan fingerprint density at radius 2 is 2.28 bits per heavy atom. The molecule has 3 fully saturated rings. The van der Waals surface area contributed by atoms with Gasteiger partial charge >= 0.3 is 0 Å². The van der Waals surface area contributed by atoms with Crippen LogP contribution in [0.15, 0.2) is 18.2 Å². The molecule has 136 valence electrons. The number of likely N-dealkylation sites (tertiary alicyclic amines) is 1. The van der Waals surface area contributed by atoms with E-state index >= 15 is 0 Å². The van der Waals surface area contributed by atoms with Gasteiger partial charge < -0.3 is 19.5 Å². The molecule has 1 aromatic carbocycles. The molecule has 1 spiro atoms. The molecule has 3 heterocycles. The number of hydrogen-bond donors (Lipinski definition) is 1. The van der Waals surface area contributed by atoms with E-state index in [9.17, 15) is 9.90 Å². The fourth-order valence-corrected chi connectivity index (χ4v) is 4.61. The summed E-state index contributed by atoms with van der Waals surface area (Å²) in [6, 6.07) is 6.11. The van der Waals surface area contributed by atoms with Gasteiger partial charge in [0.2, 0.25) is 5.91 Å². The number of aliphatic hydroxyl groups is 1. The van der Waals surface area contributed by atoms with Crippen molar-refractivity contribution >= 4 is 5.91 Å². The summed E-state index contributed by atoms with van der Waals surface area (Å²) in [7, 11) is 0. The molecule has 1 N–H and O–H groups in total. The Kier molecular flexibility index (Phi) is 4.43. The van der Waals surface area contributed by atoms with Gasteiger partial charge in [0.15, 0.2) is 5.72 Å². The molecule has 2 atom stereocenters. The molecule has 1 amide bonds. The van der Waals surface area contributed by atoms with E-state index in [1.165, 1.54) is 0 Å². The number of ether oxygens (including phenoxy) is 2. The third-order valence-electron chi connectivity index (χ3n) is 5.70. The van der Waals surface area contributed by atoms with Gasteiger partial charge in [0.05, 0.1) is 25.9 Å². The number of rotatable bonds is 5. The van der Waals surface area contributed by atoms with E-state index in [0.717, 1.165) is 56.0 Å². The fraction of sp³-hybridized carbons (Fsp3) is 0.632. The van der Waals surface area contributed by atoms with Crippen molar-refractivity contribution in [3.8, 4) is 5.75 Å². The van der Waals surface area contributed by atoms with Crippen LogP contribution in [0, 0.1) is 0 Å². The molecule has 1 aromatic rings. The van der Waals surface area contributed by atoms with Crippen LogP contribution >= 0.6 is 0 Å². The van der Waals surface area contributed by atoms with Crippen LogP contribution in [-0.4, -0.2) is 58.9 Å². The molecule has 3 aliphatic rings. The lowest BCUT2D eigenvalue weighted by Crippen LogP contribution is -2.56. The highest BCUT2D eigenvalue weighted by Gasteiger charge is 2.60. The highest BCUT2D eigenvalue weighted by atomic mass is 16.5. The van der Waals surface area contributed by atoms with Gasteiger partial charge in [-0.25, -0.2) is 0 Å². The Hall–Kier alpha value is -1.63. The van der Waals surface area contributed by atoms with Gasteiger partial charge in [-0.2, -0.15) is 0 Å². The Balaban J connectivity index is 1.53. The number of carbonyl (C=O) groups excluding carboxylic acids is 1. The van der Waals surface area contributed by atoms with E-state index in [2.05, 4.69) is 4.90 Å². The van der Waals surface area contributed by atoms with E-state index < -0.39 is 5.72 Å². The molecular formula is C19H26N2O4. The van der Waals surface area contributed by atoms with Crippen LogP contribution < -0.4 is 4.74 Å². The Morgan fingerprint density at radius 1 is 1.40 bits per heavy atom. The Bertz CT molecular complexity index is 665. The summed E-state index contributed by atoms with van der Waals surface area (Å²) in [6.45, 7) is 5.73. The molecule has 0 bridgehead atoms. The maximum atomic E-state index is 12.4. The molecule has 6 nitrogen and oxygen atoms in total. The third kappa shape index (κ3) is 2.72. The quantitative estimate of drug-likeness (QED) is 0.875. The lowest BCUT2D eigenvalue weighted by atomic mass is 10.0. The molecule has 6 heteroatoms. The van der Waals surface area contributed by atoms with Crippen LogP contribution in [0.4, 0.5) is 0 Å². The zero-order valence-electron chi connectivity index (χ0n) is 14.7. The number of amides is 1. The minimum absolute atomic E-state index is 0.0358. The van der Waals surface area contributed by atoms with E-state index in [4.69, 9.17) is 9.47 Å². The summed E-state index contributed by atoms with van der Waals surface area (Å²) < 4.78 is 11.7. The van der Waals surface area contributed by atoms with Crippen molar-refractivity contribution in [1.82, 2.24) is 9.80 Å². The molecule has 0 saturated carbocycles. The van der Waals surface area contributed by atoms with Gasteiger partial charge in [0.1, 0.15) is 5.75 Å². The highest BCUT2D eigenvalue weighted by Crippen LogP contribution is 2.45. The molecule has 3 aliphatic heterocycles. The number of aliphatic hydroxyl groups excluding tert-OH is 1. The molecule has 0 aromatic heterocycles. The number of nitrogens with zero attached hydrogens (tertiary/aromatic N) is 2. The summed E-state index contributed by atoms with van der Waals surface area (Å²) in [4.78, 5) is 16.7. The van der Waals surface area contributed by atoms with E-state index in [0.29, 0.717) is 13.0 Å². The van der Waals surface area contributed by atoms with Crippen molar-refractivity contribution in [2.75, 3.05) is 26.3 Å².